The average molecular weight is 315 g/mol. The highest BCUT2D eigenvalue weighted by Crippen LogP contribution is 2.26. The van der Waals surface area contributed by atoms with E-state index in [4.69, 9.17) is 23.2 Å². The molecule has 1 aromatic heterocycles. The van der Waals surface area contributed by atoms with Gasteiger partial charge in [0.15, 0.2) is 5.13 Å². The number of carbonyl (C=O) groups is 1. The molecule has 3 nitrogen and oxygen atoms in total. The third-order valence-electron chi connectivity index (χ3n) is 2.67. The molecule has 0 radical (unpaired) electrons. The summed E-state index contributed by atoms with van der Waals surface area (Å²) in [6.07, 6.45) is 0.135. The fourth-order valence-corrected chi connectivity index (χ4v) is 2.91. The van der Waals surface area contributed by atoms with Gasteiger partial charge in [0.25, 0.3) is 0 Å². The van der Waals surface area contributed by atoms with Gasteiger partial charge < -0.3 is 5.32 Å². The molecule has 0 aliphatic rings. The molecule has 0 saturated heterocycles. The maximum atomic E-state index is 11.9. The van der Waals surface area contributed by atoms with Crippen LogP contribution < -0.4 is 5.32 Å². The molecular weight excluding hydrogens is 303 g/mol. The second kappa shape index (κ2) is 5.90. The number of nitrogens with one attached hydrogen (secondary N) is 1. The zero-order valence-corrected chi connectivity index (χ0v) is 12.8. The van der Waals surface area contributed by atoms with Gasteiger partial charge in [0.1, 0.15) is 0 Å². The number of rotatable bonds is 3. The number of aromatic nitrogens is 1. The predicted octanol–water partition coefficient (Wildman–Crippen LogP) is 4.25. The fourth-order valence-electron chi connectivity index (χ4n) is 1.55. The monoisotopic (exact) mass is 314 g/mol. The van der Waals surface area contributed by atoms with E-state index in [9.17, 15) is 4.79 Å². The Balaban J connectivity index is 2.09. The van der Waals surface area contributed by atoms with Gasteiger partial charge in [0.2, 0.25) is 5.91 Å². The zero-order valence-electron chi connectivity index (χ0n) is 10.5. The summed E-state index contributed by atoms with van der Waals surface area (Å²) in [5.41, 5.74) is 1.56. The van der Waals surface area contributed by atoms with Crippen LogP contribution in [0.4, 0.5) is 5.13 Å². The first kappa shape index (κ1) is 14.3. The highest BCUT2D eigenvalue weighted by molar-refractivity contribution is 7.15. The quantitative estimate of drug-likeness (QED) is 0.920. The molecule has 6 heteroatoms. The molecule has 0 aliphatic carbocycles. The molecule has 100 valence electrons. The molecule has 0 aliphatic heterocycles. The van der Waals surface area contributed by atoms with E-state index in [2.05, 4.69) is 10.3 Å². The van der Waals surface area contributed by atoms with Crippen LogP contribution in [0.1, 0.15) is 16.1 Å². The standard InChI is InChI=1S/C13H12Cl2N2OS/c1-7-8(2)19-13(16-7)17-12(18)6-9-10(14)4-3-5-11(9)15/h3-5H,6H2,1-2H3,(H,16,17,18). The van der Waals surface area contributed by atoms with Crippen molar-refractivity contribution in [2.24, 2.45) is 0 Å². The maximum Gasteiger partial charge on any atom is 0.230 e. The number of nitrogens with zero attached hydrogens (tertiary/aromatic N) is 1. The Labute approximate surface area is 125 Å². The van der Waals surface area contributed by atoms with Crippen LogP contribution in [0.3, 0.4) is 0 Å². The largest absolute Gasteiger partial charge is 0.302 e. The van der Waals surface area contributed by atoms with E-state index < -0.39 is 0 Å². The van der Waals surface area contributed by atoms with E-state index in [0.29, 0.717) is 20.7 Å². The van der Waals surface area contributed by atoms with Crippen LogP contribution in [0.25, 0.3) is 0 Å². The third-order valence-corrected chi connectivity index (χ3v) is 4.37. The molecule has 0 fully saturated rings. The number of aryl methyl sites for hydroxylation is 2. The molecule has 1 amide bonds. The highest BCUT2D eigenvalue weighted by atomic mass is 35.5. The van der Waals surface area contributed by atoms with Gasteiger partial charge in [-0.1, -0.05) is 29.3 Å². The Hall–Kier alpha value is -1.10. The summed E-state index contributed by atoms with van der Waals surface area (Å²) in [4.78, 5) is 17.3. The number of hydrogen-bond donors (Lipinski definition) is 1. The van der Waals surface area contributed by atoms with Crippen molar-refractivity contribution in [3.8, 4) is 0 Å². The van der Waals surface area contributed by atoms with Gasteiger partial charge >= 0.3 is 0 Å². The first-order chi connectivity index (χ1) is 8.97. The Morgan fingerprint density at radius 1 is 1.32 bits per heavy atom. The number of halogens is 2. The molecule has 0 bridgehead atoms. The lowest BCUT2D eigenvalue weighted by Gasteiger charge is -2.06. The van der Waals surface area contributed by atoms with Crippen molar-refractivity contribution in [1.82, 2.24) is 4.98 Å². The topological polar surface area (TPSA) is 42.0 Å². The van der Waals surface area contributed by atoms with E-state index >= 15 is 0 Å². The molecule has 0 spiro atoms. The van der Waals surface area contributed by atoms with E-state index in [0.717, 1.165) is 10.6 Å². The molecular formula is C13H12Cl2N2OS. The van der Waals surface area contributed by atoms with E-state index in [1.807, 2.05) is 13.8 Å². The van der Waals surface area contributed by atoms with Crippen LogP contribution in [0.2, 0.25) is 10.0 Å². The Morgan fingerprint density at radius 3 is 2.47 bits per heavy atom. The van der Waals surface area contributed by atoms with E-state index in [1.54, 1.807) is 18.2 Å². The summed E-state index contributed by atoms with van der Waals surface area (Å²) >= 11 is 13.5. The summed E-state index contributed by atoms with van der Waals surface area (Å²) < 4.78 is 0. The summed E-state index contributed by atoms with van der Waals surface area (Å²) in [5.74, 6) is -0.177. The van der Waals surface area contributed by atoms with Gasteiger partial charge in [-0.3, -0.25) is 4.79 Å². The molecule has 0 atom stereocenters. The Kier molecular flexibility index (Phi) is 4.45. The van der Waals surface area contributed by atoms with Crippen molar-refractivity contribution < 1.29 is 4.79 Å². The van der Waals surface area contributed by atoms with Gasteiger partial charge in [-0.15, -0.1) is 11.3 Å². The second-order valence-corrected chi connectivity index (χ2v) is 6.10. The fraction of sp³-hybridized carbons (Fsp3) is 0.231. The second-order valence-electron chi connectivity index (χ2n) is 4.09. The first-order valence-corrected chi connectivity index (χ1v) is 7.21. The van der Waals surface area contributed by atoms with Crippen molar-refractivity contribution in [3.63, 3.8) is 0 Å². The van der Waals surface area contributed by atoms with Gasteiger partial charge in [-0.25, -0.2) is 4.98 Å². The van der Waals surface area contributed by atoms with Crippen molar-refractivity contribution in [2.75, 3.05) is 5.32 Å². The molecule has 0 saturated carbocycles. The summed E-state index contributed by atoms with van der Waals surface area (Å²) in [6.45, 7) is 3.88. The smallest absolute Gasteiger partial charge is 0.230 e. The molecule has 2 rings (SSSR count). The summed E-state index contributed by atoms with van der Waals surface area (Å²) in [5, 5.41) is 4.35. The van der Waals surface area contributed by atoms with Gasteiger partial charge in [0.05, 0.1) is 12.1 Å². The molecule has 19 heavy (non-hydrogen) atoms. The average Bonchev–Trinajstić information content (AvgIpc) is 2.63. The van der Waals surface area contributed by atoms with Crippen LogP contribution in [-0.2, 0) is 11.2 Å². The van der Waals surface area contributed by atoms with Gasteiger partial charge in [-0.2, -0.15) is 0 Å². The first-order valence-electron chi connectivity index (χ1n) is 5.64. The number of carbonyl (C=O) groups excluding carboxylic acids is 1. The van der Waals surface area contributed by atoms with Crippen LogP contribution in [0.15, 0.2) is 18.2 Å². The van der Waals surface area contributed by atoms with E-state index in [1.165, 1.54) is 11.3 Å². The van der Waals surface area contributed by atoms with Gasteiger partial charge in [0, 0.05) is 14.9 Å². The minimum atomic E-state index is -0.177. The third kappa shape index (κ3) is 3.47. The normalized spacial score (nSPS) is 10.5. The lowest BCUT2D eigenvalue weighted by molar-refractivity contribution is -0.115. The SMILES string of the molecule is Cc1nc(NC(=O)Cc2c(Cl)cccc2Cl)sc1C. The summed E-state index contributed by atoms with van der Waals surface area (Å²) in [6, 6.07) is 5.18. The molecule has 1 aromatic carbocycles. The molecule has 1 N–H and O–H groups in total. The highest BCUT2D eigenvalue weighted by Gasteiger charge is 2.12. The number of benzene rings is 1. The van der Waals surface area contributed by atoms with Crippen LogP contribution >= 0.6 is 34.5 Å². The van der Waals surface area contributed by atoms with Gasteiger partial charge in [-0.05, 0) is 31.5 Å². The Bertz CT molecular complexity index is 585. The number of hydrogen-bond acceptors (Lipinski definition) is 3. The minimum absolute atomic E-state index is 0.135. The number of amides is 1. The minimum Gasteiger partial charge on any atom is -0.302 e. The molecule has 1 heterocycles. The van der Waals surface area contributed by atoms with Crippen LogP contribution in [0, 0.1) is 13.8 Å². The lowest BCUT2D eigenvalue weighted by atomic mass is 10.1. The van der Waals surface area contributed by atoms with E-state index in [-0.39, 0.29) is 12.3 Å². The summed E-state index contributed by atoms with van der Waals surface area (Å²) in [7, 11) is 0. The molecule has 2 aromatic rings. The predicted molar refractivity (Wildman–Crippen MR) is 80.4 cm³/mol. The number of anilines is 1. The van der Waals surface area contributed by atoms with Crippen molar-refractivity contribution in [2.45, 2.75) is 20.3 Å². The van der Waals surface area contributed by atoms with Crippen LogP contribution in [0.5, 0.6) is 0 Å². The Morgan fingerprint density at radius 2 is 1.95 bits per heavy atom. The van der Waals surface area contributed by atoms with Crippen molar-refractivity contribution >= 4 is 45.6 Å². The van der Waals surface area contributed by atoms with Crippen molar-refractivity contribution in [3.05, 3.63) is 44.4 Å². The maximum absolute atomic E-state index is 11.9. The van der Waals surface area contributed by atoms with Crippen LogP contribution in [-0.4, -0.2) is 10.9 Å². The zero-order chi connectivity index (χ0) is 14.0. The number of thiazole rings is 1. The van der Waals surface area contributed by atoms with Crippen molar-refractivity contribution in [1.29, 1.82) is 0 Å². The lowest BCUT2D eigenvalue weighted by Crippen LogP contribution is -2.14. The molecule has 0 unspecified atom stereocenters.